The zero-order valence-corrected chi connectivity index (χ0v) is 12.4. The third-order valence-electron chi connectivity index (χ3n) is 3.45. The minimum Gasteiger partial charge on any atom is -0.340 e. The van der Waals surface area contributed by atoms with E-state index in [0.29, 0.717) is 26.2 Å². The third-order valence-corrected chi connectivity index (χ3v) is 5.33. The molecule has 1 heterocycles. The van der Waals surface area contributed by atoms with Crippen molar-refractivity contribution < 1.29 is 13.2 Å². The molecule has 0 aliphatic carbocycles. The van der Waals surface area contributed by atoms with Crippen LogP contribution < -0.4 is 0 Å². The van der Waals surface area contributed by atoms with E-state index in [1.54, 1.807) is 11.8 Å². The molecule has 0 aromatic heterocycles. The van der Waals surface area contributed by atoms with Crippen LogP contribution in [-0.4, -0.2) is 55.5 Å². The molecular weight excluding hydrogens is 252 g/mol. The summed E-state index contributed by atoms with van der Waals surface area (Å²) in [6.07, 6.45) is 1.89. The van der Waals surface area contributed by atoms with E-state index in [2.05, 4.69) is 6.92 Å². The second-order valence-electron chi connectivity index (χ2n) is 4.81. The first-order valence-electron chi connectivity index (χ1n) is 6.69. The van der Waals surface area contributed by atoms with Crippen LogP contribution in [0.15, 0.2) is 0 Å². The number of carbonyl (C=O) groups is 1. The molecule has 0 N–H and O–H groups in total. The number of carbonyl (C=O) groups excluding carboxylic acids is 1. The van der Waals surface area contributed by atoms with Crippen LogP contribution in [-0.2, 0) is 14.8 Å². The largest absolute Gasteiger partial charge is 0.340 e. The summed E-state index contributed by atoms with van der Waals surface area (Å²) in [7, 11) is -3.11. The van der Waals surface area contributed by atoms with Crippen molar-refractivity contribution in [2.24, 2.45) is 5.92 Å². The topological polar surface area (TPSA) is 57.7 Å². The number of amides is 1. The molecule has 1 amide bonds. The van der Waals surface area contributed by atoms with E-state index in [1.807, 2.05) is 6.92 Å². The highest BCUT2D eigenvalue weighted by Gasteiger charge is 2.29. The fraction of sp³-hybridized carbons (Fsp3) is 0.917. The summed E-state index contributed by atoms with van der Waals surface area (Å²) in [5, 5.41) is 0. The molecule has 0 saturated carbocycles. The van der Waals surface area contributed by atoms with Crippen molar-refractivity contribution in [1.82, 2.24) is 9.21 Å². The first-order chi connectivity index (χ1) is 8.42. The van der Waals surface area contributed by atoms with Crippen molar-refractivity contribution in [3.63, 3.8) is 0 Å². The lowest BCUT2D eigenvalue weighted by molar-refractivity contribution is -0.136. The smallest absolute Gasteiger partial charge is 0.225 e. The summed E-state index contributed by atoms with van der Waals surface area (Å²) in [5.74, 6) is 0.336. The van der Waals surface area contributed by atoms with Gasteiger partial charge in [-0.25, -0.2) is 8.42 Å². The zero-order chi connectivity index (χ0) is 13.8. The number of piperazine rings is 1. The molecule has 18 heavy (non-hydrogen) atoms. The molecule has 5 nitrogen and oxygen atoms in total. The summed E-state index contributed by atoms with van der Waals surface area (Å²) in [6, 6.07) is 0. The number of rotatable bonds is 5. The highest BCUT2D eigenvalue weighted by atomic mass is 32.2. The molecule has 6 heteroatoms. The highest BCUT2D eigenvalue weighted by molar-refractivity contribution is 7.89. The number of nitrogens with zero attached hydrogens (tertiary/aromatic N) is 2. The number of hydrogen-bond acceptors (Lipinski definition) is 3. The first kappa shape index (κ1) is 15.4. The Hall–Kier alpha value is -0.620. The standard InChI is InChI=1S/C12H24N2O3S/c1-4-6-11(3)12(15)13-7-9-14(10-8-13)18(16,17)5-2/h11H,4-10H2,1-3H3. The van der Waals surface area contributed by atoms with E-state index in [-0.39, 0.29) is 17.6 Å². The predicted molar refractivity (Wildman–Crippen MR) is 71.7 cm³/mol. The van der Waals surface area contributed by atoms with Gasteiger partial charge in [0.15, 0.2) is 0 Å². The average molecular weight is 276 g/mol. The van der Waals surface area contributed by atoms with Gasteiger partial charge in [-0.15, -0.1) is 0 Å². The van der Waals surface area contributed by atoms with E-state index in [4.69, 9.17) is 0 Å². The van der Waals surface area contributed by atoms with Crippen LogP contribution in [0.25, 0.3) is 0 Å². The van der Waals surface area contributed by atoms with Crippen LogP contribution >= 0.6 is 0 Å². The Bertz CT molecular complexity index is 373. The summed E-state index contributed by atoms with van der Waals surface area (Å²) < 4.78 is 24.9. The van der Waals surface area contributed by atoms with Gasteiger partial charge in [0.05, 0.1) is 5.75 Å². The minimum absolute atomic E-state index is 0.0457. The SMILES string of the molecule is CCCC(C)C(=O)N1CCN(S(=O)(=O)CC)CC1. The quantitative estimate of drug-likeness (QED) is 0.750. The lowest BCUT2D eigenvalue weighted by Gasteiger charge is -2.35. The molecule has 1 atom stereocenters. The predicted octanol–water partition coefficient (Wildman–Crippen LogP) is 0.917. The molecule has 1 aliphatic heterocycles. The molecule has 0 aromatic rings. The minimum atomic E-state index is -3.11. The summed E-state index contributed by atoms with van der Waals surface area (Å²) in [6.45, 7) is 7.56. The lowest BCUT2D eigenvalue weighted by atomic mass is 10.0. The van der Waals surface area contributed by atoms with Gasteiger partial charge in [0.1, 0.15) is 0 Å². The molecule has 0 radical (unpaired) electrons. The van der Waals surface area contributed by atoms with Crippen LogP contribution in [0.3, 0.4) is 0 Å². The molecule has 1 rings (SSSR count). The van der Waals surface area contributed by atoms with Gasteiger partial charge < -0.3 is 4.90 Å². The van der Waals surface area contributed by atoms with Gasteiger partial charge in [-0.2, -0.15) is 4.31 Å². The number of sulfonamides is 1. The van der Waals surface area contributed by atoms with Crippen molar-refractivity contribution in [3.8, 4) is 0 Å². The monoisotopic (exact) mass is 276 g/mol. The Kier molecular flexibility index (Phi) is 5.59. The van der Waals surface area contributed by atoms with E-state index in [9.17, 15) is 13.2 Å². The van der Waals surface area contributed by atoms with Crippen molar-refractivity contribution in [1.29, 1.82) is 0 Å². The molecule has 0 aromatic carbocycles. The normalized spacial score (nSPS) is 19.8. The Morgan fingerprint density at radius 1 is 1.17 bits per heavy atom. The van der Waals surface area contributed by atoms with Gasteiger partial charge in [0.2, 0.25) is 15.9 Å². The molecular formula is C12H24N2O3S. The van der Waals surface area contributed by atoms with Crippen LogP contribution in [0.5, 0.6) is 0 Å². The van der Waals surface area contributed by atoms with Crippen molar-refractivity contribution in [2.45, 2.75) is 33.6 Å². The van der Waals surface area contributed by atoms with E-state index < -0.39 is 10.0 Å². The molecule has 0 spiro atoms. The maximum atomic E-state index is 12.1. The second-order valence-corrected chi connectivity index (χ2v) is 7.07. The summed E-state index contributed by atoms with van der Waals surface area (Å²) in [4.78, 5) is 13.9. The maximum Gasteiger partial charge on any atom is 0.225 e. The summed E-state index contributed by atoms with van der Waals surface area (Å²) in [5.41, 5.74) is 0. The molecule has 1 unspecified atom stereocenters. The molecule has 106 valence electrons. The van der Waals surface area contributed by atoms with Crippen molar-refractivity contribution in [2.75, 3.05) is 31.9 Å². The maximum absolute atomic E-state index is 12.1. The third kappa shape index (κ3) is 3.68. The van der Waals surface area contributed by atoms with Gasteiger partial charge in [0, 0.05) is 32.1 Å². The fourth-order valence-corrected chi connectivity index (χ4v) is 3.32. The molecule has 1 aliphatic rings. The van der Waals surface area contributed by atoms with Crippen LogP contribution in [0.2, 0.25) is 0 Å². The van der Waals surface area contributed by atoms with Crippen molar-refractivity contribution >= 4 is 15.9 Å². The van der Waals surface area contributed by atoms with Gasteiger partial charge in [-0.05, 0) is 13.3 Å². The van der Waals surface area contributed by atoms with Crippen LogP contribution in [0.1, 0.15) is 33.6 Å². The molecule has 1 fully saturated rings. The average Bonchev–Trinajstić information content (AvgIpc) is 2.38. The Balaban J connectivity index is 2.52. The van der Waals surface area contributed by atoms with Crippen LogP contribution in [0.4, 0.5) is 0 Å². The van der Waals surface area contributed by atoms with Gasteiger partial charge in [0.25, 0.3) is 0 Å². The second kappa shape index (κ2) is 6.52. The Morgan fingerprint density at radius 2 is 1.72 bits per heavy atom. The molecule has 0 bridgehead atoms. The zero-order valence-electron chi connectivity index (χ0n) is 11.6. The van der Waals surface area contributed by atoms with Gasteiger partial charge in [-0.3, -0.25) is 4.79 Å². The summed E-state index contributed by atoms with van der Waals surface area (Å²) >= 11 is 0. The van der Waals surface area contributed by atoms with Crippen LogP contribution in [0, 0.1) is 5.92 Å². The van der Waals surface area contributed by atoms with Gasteiger partial charge >= 0.3 is 0 Å². The number of hydrogen-bond donors (Lipinski definition) is 0. The Labute approximate surface area is 110 Å². The van der Waals surface area contributed by atoms with Crippen molar-refractivity contribution in [3.05, 3.63) is 0 Å². The first-order valence-corrected chi connectivity index (χ1v) is 8.29. The lowest BCUT2D eigenvalue weighted by Crippen LogP contribution is -2.51. The van der Waals surface area contributed by atoms with E-state index >= 15 is 0 Å². The molecule has 1 saturated heterocycles. The van der Waals surface area contributed by atoms with Gasteiger partial charge in [-0.1, -0.05) is 20.3 Å². The Morgan fingerprint density at radius 3 is 2.17 bits per heavy atom. The van der Waals surface area contributed by atoms with E-state index in [1.165, 1.54) is 4.31 Å². The van der Waals surface area contributed by atoms with E-state index in [0.717, 1.165) is 12.8 Å². The highest BCUT2D eigenvalue weighted by Crippen LogP contribution is 2.13. The fourth-order valence-electron chi connectivity index (χ4n) is 2.24.